The van der Waals surface area contributed by atoms with Crippen LogP contribution in [0.1, 0.15) is 26.3 Å². The highest BCUT2D eigenvalue weighted by Gasteiger charge is 2.15. The van der Waals surface area contributed by atoms with Crippen LogP contribution >= 0.6 is 0 Å². The van der Waals surface area contributed by atoms with Crippen molar-refractivity contribution < 1.29 is 19.1 Å². The number of hydrogen-bond donors (Lipinski definition) is 1. The van der Waals surface area contributed by atoms with Crippen molar-refractivity contribution in [3.8, 4) is 5.75 Å². The number of esters is 1. The molecule has 1 amide bonds. The summed E-state index contributed by atoms with van der Waals surface area (Å²) < 4.78 is 10.1. The summed E-state index contributed by atoms with van der Waals surface area (Å²) >= 11 is 0. The molecule has 0 aliphatic carbocycles. The highest BCUT2D eigenvalue weighted by Crippen LogP contribution is 2.12. The van der Waals surface area contributed by atoms with Crippen LogP contribution in [0.3, 0.4) is 0 Å². The summed E-state index contributed by atoms with van der Waals surface area (Å²) in [5.41, 5.74) is 0.696. The van der Waals surface area contributed by atoms with Crippen molar-refractivity contribution in [1.82, 2.24) is 5.32 Å². The quantitative estimate of drug-likeness (QED) is 0.835. The normalized spacial score (nSPS) is 10.8. The van der Waals surface area contributed by atoms with E-state index in [1.165, 1.54) is 0 Å². The summed E-state index contributed by atoms with van der Waals surface area (Å²) in [5, 5.41) is 2.70. The molecule has 0 saturated carbocycles. The molecule has 1 aromatic carbocycles. The molecule has 0 spiro atoms. The minimum absolute atomic E-state index is 0.216. The van der Waals surface area contributed by atoms with Crippen LogP contribution in [0, 0.1) is 6.92 Å². The third-order valence-corrected chi connectivity index (χ3v) is 2.22. The van der Waals surface area contributed by atoms with Gasteiger partial charge in [0.2, 0.25) is 0 Å². The standard InChI is InChI=1S/C15H21NO4/c1-11-6-5-7-12(8-11)19-10-14(18)20-9-13(17)16-15(2,3)4/h5-8H,9-10H2,1-4H3,(H,16,17). The zero-order chi connectivity index (χ0) is 15.2. The molecular formula is C15H21NO4. The monoisotopic (exact) mass is 279 g/mol. The average molecular weight is 279 g/mol. The van der Waals surface area contributed by atoms with Crippen molar-refractivity contribution in [2.45, 2.75) is 33.2 Å². The molecule has 0 radical (unpaired) electrons. The molecule has 0 aromatic heterocycles. The molecular weight excluding hydrogens is 258 g/mol. The fraction of sp³-hybridized carbons (Fsp3) is 0.467. The molecule has 0 saturated heterocycles. The lowest BCUT2D eigenvalue weighted by Gasteiger charge is -2.20. The van der Waals surface area contributed by atoms with Gasteiger partial charge in [-0.1, -0.05) is 12.1 Å². The summed E-state index contributed by atoms with van der Waals surface area (Å²) in [6.45, 7) is 6.98. The molecule has 0 fully saturated rings. The van der Waals surface area contributed by atoms with Gasteiger partial charge in [-0.25, -0.2) is 4.79 Å². The fourth-order valence-electron chi connectivity index (χ4n) is 1.49. The molecule has 20 heavy (non-hydrogen) atoms. The number of carbonyl (C=O) groups is 2. The van der Waals surface area contributed by atoms with E-state index in [9.17, 15) is 9.59 Å². The van der Waals surface area contributed by atoms with Crippen LogP contribution in [0.4, 0.5) is 0 Å². The van der Waals surface area contributed by atoms with Crippen LogP contribution in [0.5, 0.6) is 5.75 Å². The minimum Gasteiger partial charge on any atom is -0.482 e. The second kappa shape index (κ2) is 6.93. The number of rotatable bonds is 5. The number of benzene rings is 1. The summed E-state index contributed by atoms with van der Waals surface area (Å²) in [6.07, 6.45) is 0. The lowest BCUT2D eigenvalue weighted by atomic mass is 10.1. The molecule has 0 aliphatic heterocycles. The predicted molar refractivity (Wildman–Crippen MR) is 75.5 cm³/mol. The number of ether oxygens (including phenoxy) is 2. The molecule has 0 unspecified atom stereocenters. The van der Waals surface area contributed by atoms with Crippen LogP contribution < -0.4 is 10.1 Å². The Hall–Kier alpha value is -2.04. The fourth-order valence-corrected chi connectivity index (χ4v) is 1.49. The van der Waals surface area contributed by atoms with Gasteiger partial charge in [0.25, 0.3) is 5.91 Å². The predicted octanol–water partition coefficient (Wildman–Crippen LogP) is 1.83. The van der Waals surface area contributed by atoms with Crippen LogP contribution in [0.2, 0.25) is 0 Å². The van der Waals surface area contributed by atoms with Crippen LogP contribution in [-0.4, -0.2) is 30.6 Å². The van der Waals surface area contributed by atoms with E-state index in [4.69, 9.17) is 9.47 Å². The van der Waals surface area contributed by atoms with Gasteiger partial charge in [0.05, 0.1) is 0 Å². The van der Waals surface area contributed by atoms with E-state index in [1.54, 1.807) is 6.07 Å². The lowest BCUT2D eigenvalue weighted by Crippen LogP contribution is -2.43. The Balaban J connectivity index is 2.29. The van der Waals surface area contributed by atoms with Gasteiger partial charge in [0, 0.05) is 5.54 Å². The van der Waals surface area contributed by atoms with Gasteiger partial charge in [-0.3, -0.25) is 4.79 Å². The smallest absolute Gasteiger partial charge is 0.344 e. The third-order valence-electron chi connectivity index (χ3n) is 2.22. The van der Waals surface area contributed by atoms with Gasteiger partial charge in [-0.15, -0.1) is 0 Å². The Morgan fingerprint density at radius 1 is 1.20 bits per heavy atom. The molecule has 0 aliphatic rings. The Labute approximate surface area is 119 Å². The zero-order valence-electron chi connectivity index (χ0n) is 12.4. The highest BCUT2D eigenvalue weighted by atomic mass is 16.6. The lowest BCUT2D eigenvalue weighted by molar-refractivity contribution is -0.150. The van der Waals surface area contributed by atoms with Gasteiger partial charge < -0.3 is 14.8 Å². The molecule has 1 aromatic rings. The molecule has 110 valence electrons. The van der Waals surface area contributed by atoms with Crippen LogP contribution in [0.15, 0.2) is 24.3 Å². The average Bonchev–Trinajstić information content (AvgIpc) is 2.32. The number of carbonyl (C=O) groups excluding carboxylic acids is 2. The van der Waals surface area contributed by atoms with Crippen molar-refractivity contribution in [2.24, 2.45) is 0 Å². The Bertz CT molecular complexity index is 477. The van der Waals surface area contributed by atoms with E-state index in [0.717, 1.165) is 5.56 Å². The minimum atomic E-state index is -0.574. The number of hydrogen-bond acceptors (Lipinski definition) is 4. The number of aryl methyl sites for hydroxylation is 1. The topological polar surface area (TPSA) is 64.6 Å². The summed E-state index contributed by atoms with van der Waals surface area (Å²) in [5.74, 6) is -0.307. The van der Waals surface area contributed by atoms with E-state index >= 15 is 0 Å². The van der Waals surface area contributed by atoms with E-state index in [-0.39, 0.29) is 24.7 Å². The molecule has 0 bridgehead atoms. The van der Waals surface area contributed by atoms with Gasteiger partial charge in [0.15, 0.2) is 13.2 Å². The summed E-state index contributed by atoms with van der Waals surface area (Å²) in [6, 6.07) is 7.35. The Morgan fingerprint density at radius 2 is 1.90 bits per heavy atom. The first kappa shape index (κ1) is 16.0. The number of nitrogens with one attached hydrogen (secondary N) is 1. The first-order chi connectivity index (χ1) is 9.26. The second-order valence-electron chi connectivity index (χ2n) is 5.56. The molecule has 0 heterocycles. The van der Waals surface area contributed by atoms with Crippen LogP contribution in [-0.2, 0) is 14.3 Å². The van der Waals surface area contributed by atoms with Crippen LogP contribution in [0.25, 0.3) is 0 Å². The molecule has 5 nitrogen and oxygen atoms in total. The van der Waals surface area contributed by atoms with E-state index in [2.05, 4.69) is 5.32 Å². The molecule has 0 atom stereocenters. The van der Waals surface area contributed by atoms with Crippen molar-refractivity contribution in [2.75, 3.05) is 13.2 Å². The first-order valence-electron chi connectivity index (χ1n) is 6.42. The van der Waals surface area contributed by atoms with Crippen molar-refractivity contribution in [3.63, 3.8) is 0 Å². The van der Waals surface area contributed by atoms with Gasteiger partial charge >= 0.3 is 5.97 Å². The third kappa shape index (κ3) is 6.78. The molecule has 5 heteroatoms. The second-order valence-corrected chi connectivity index (χ2v) is 5.56. The van der Waals surface area contributed by atoms with Gasteiger partial charge in [-0.2, -0.15) is 0 Å². The largest absolute Gasteiger partial charge is 0.482 e. The van der Waals surface area contributed by atoms with Gasteiger partial charge in [-0.05, 0) is 45.4 Å². The highest BCUT2D eigenvalue weighted by molar-refractivity contribution is 5.81. The van der Waals surface area contributed by atoms with E-state index in [0.29, 0.717) is 5.75 Å². The Kier molecular flexibility index (Phi) is 5.55. The first-order valence-corrected chi connectivity index (χ1v) is 6.42. The molecule has 1 rings (SSSR count). The Morgan fingerprint density at radius 3 is 2.50 bits per heavy atom. The zero-order valence-corrected chi connectivity index (χ0v) is 12.4. The van der Waals surface area contributed by atoms with E-state index < -0.39 is 5.97 Å². The van der Waals surface area contributed by atoms with E-state index in [1.807, 2.05) is 45.9 Å². The van der Waals surface area contributed by atoms with Crippen molar-refractivity contribution >= 4 is 11.9 Å². The maximum atomic E-state index is 11.5. The van der Waals surface area contributed by atoms with Crippen molar-refractivity contribution in [3.05, 3.63) is 29.8 Å². The van der Waals surface area contributed by atoms with Crippen molar-refractivity contribution in [1.29, 1.82) is 0 Å². The molecule has 1 N–H and O–H groups in total. The summed E-state index contributed by atoms with van der Waals surface area (Å²) in [7, 11) is 0. The SMILES string of the molecule is Cc1cccc(OCC(=O)OCC(=O)NC(C)(C)C)c1. The number of amides is 1. The van der Waals surface area contributed by atoms with Gasteiger partial charge in [0.1, 0.15) is 5.75 Å². The maximum Gasteiger partial charge on any atom is 0.344 e. The summed E-state index contributed by atoms with van der Waals surface area (Å²) in [4.78, 5) is 22.9. The maximum absolute atomic E-state index is 11.5.